The molecule has 0 bridgehead atoms. The fourth-order valence-corrected chi connectivity index (χ4v) is 19.6. The van der Waals surface area contributed by atoms with Gasteiger partial charge in [0.15, 0.2) is 28.4 Å². The summed E-state index contributed by atoms with van der Waals surface area (Å²) in [5.41, 5.74) is 43.5. The minimum atomic E-state index is 0.671. The van der Waals surface area contributed by atoms with Gasteiger partial charge in [0.2, 0.25) is 0 Å². The van der Waals surface area contributed by atoms with Crippen LogP contribution in [-0.4, -0.2) is 54.8 Å². The molecule has 622 valence electrons. The molecule has 15 nitrogen and oxygen atoms in total. The summed E-state index contributed by atoms with van der Waals surface area (Å²) in [6.45, 7) is 0. The van der Waals surface area contributed by atoms with E-state index in [1.807, 2.05) is 127 Å². The van der Waals surface area contributed by atoms with E-state index in [1.54, 1.807) is 25.2 Å². The summed E-state index contributed by atoms with van der Waals surface area (Å²) in [5.74, 6) is 1.35. The van der Waals surface area contributed by atoms with Crippen LogP contribution < -0.4 is 0 Å². The van der Waals surface area contributed by atoms with Crippen LogP contribution in [-0.2, 0) is 19.3 Å². The van der Waals surface area contributed by atoms with Gasteiger partial charge < -0.3 is 17.7 Å². The lowest BCUT2D eigenvalue weighted by molar-refractivity contribution is 0.667. The highest BCUT2D eigenvalue weighted by Gasteiger charge is 2.30. The van der Waals surface area contributed by atoms with Gasteiger partial charge in [-0.3, -0.25) is 4.98 Å². The topological polar surface area (TPSA) is 194 Å². The number of benzene rings is 15. The van der Waals surface area contributed by atoms with Crippen LogP contribution in [0.5, 0.6) is 0 Å². The highest BCUT2D eigenvalue weighted by Crippen LogP contribution is 2.48. The van der Waals surface area contributed by atoms with Crippen molar-refractivity contribution in [3.63, 3.8) is 0 Å². The van der Waals surface area contributed by atoms with E-state index in [-0.39, 0.29) is 0 Å². The molecule has 10 heterocycles. The molecule has 15 heteroatoms. The molecule has 0 N–H and O–H groups in total. The van der Waals surface area contributed by atoms with Gasteiger partial charge in [-0.05, 0) is 147 Å². The third-order valence-corrected chi connectivity index (χ3v) is 26.0. The first-order valence-electron chi connectivity index (χ1n) is 44.4. The molecule has 0 saturated heterocycles. The predicted molar refractivity (Wildman–Crippen MR) is 529 cm³/mol. The highest BCUT2D eigenvalue weighted by molar-refractivity contribution is 6.13. The van der Waals surface area contributed by atoms with Crippen LogP contribution in [0.2, 0.25) is 0 Å². The smallest absolute Gasteiger partial charge is 0.180 e. The maximum Gasteiger partial charge on any atom is 0.180 e. The standard InChI is InChI=1S/C45H28N4O.C39H24N4O.C34H19N3O2/c1-2-11-28(12-3-1)45-48-41(44-43(49-45)37-21-6-7-22-39(37)50-44)35-19-10-17-32(25-35)30-15-8-14-29(23-30)31-16-9-18-34(24-31)40-38-26-33-13-4-5-20-36(33)42(38)47-27-46-40;1-2-8-28(9-3-1)39-42-35(38-37(43-39)31-12-6-7-13-33(31)44-38)27-20-16-25(17-21-27)24-14-18-26(19-15-24)34-32-22-29-10-4-5-11-30(29)36(32)41-23-40-34;1-2-6-22-19(5-1)16-27-31(36-18-37-32(22)27)21-11-13-29-26(17-21)25-15-20(10-12-28(25)38-29)23-7-3-8-24-33-30(39-34(23)24)9-4-14-35-33/h1-25,27H,26H2;1-21,23H,22H2;1-15,17-18H,16H2. The maximum atomic E-state index is 6.41. The van der Waals surface area contributed by atoms with Crippen molar-refractivity contribution in [2.75, 3.05) is 0 Å². The van der Waals surface area contributed by atoms with E-state index in [1.165, 1.54) is 50.1 Å². The van der Waals surface area contributed by atoms with E-state index in [0.29, 0.717) is 22.8 Å². The Hall–Kier alpha value is -18.0. The van der Waals surface area contributed by atoms with Gasteiger partial charge in [-0.2, -0.15) is 0 Å². The third-order valence-electron chi connectivity index (χ3n) is 26.0. The normalized spacial score (nSPS) is 12.1. The molecule has 0 amide bonds. The Morgan fingerprint density at radius 1 is 0.180 bits per heavy atom. The van der Waals surface area contributed by atoms with Crippen molar-refractivity contribution >= 4 is 88.1 Å². The molecular weight excluding hydrogens is 1640 g/mol. The second kappa shape index (κ2) is 31.5. The Morgan fingerprint density at radius 3 is 1.03 bits per heavy atom. The number of rotatable bonds is 11. The SMILES string of the molecule is c1ccc(-c2nc(-c3ccc(-c4ccc(-c5ncnc6c5Cc5ccccc5-6)cc4)cc3)c3oc4ccccc4c3n2)cc1.c1ccc(-c2nc(-c3cccc(-c4cccc(-c5cccc(-c6ncnc7c6Cc6ccccc6-7)c5)c4)c3)c3oc4ccccc4c3n2)cc1.c1ccc2c(c1)Cc1c(-c3ccc4oc5ccc(-c6cccc7c6oc6cccnc67)cc5c4c3)ncnc1-2. The average molecular weight is 1710 g/mol. The molecule has 3 aliphatic carbocycles. The highest BCUT2D eigenvalue weighted by atomic mass is 16.3. The number of furan rings is 4. The van der Waals surface area contributed by atoms with Gasteiger partial charge in [0, 0.05) is 130 Å². The van der Waals surface area contributed by atoms with Gasteiger partial charge in [0.05, 0.1) is 34.2 Å². The second-order valence-electron chi connectivity index (χ2n) is 33.8. The fraction of sp³-hybridized carbons (Fsp3) is 0.0254. The molecular formula is C118H71N11O4. The zero-order chi connectivity index (χ0) is 87.6. The van der Waals surface area contributed by atoms with Crippen molar-refractivity contribution in [2.24, 2.45) is 0 Å². The molecule has 0 atom stereocenters. The van der Waals surface area contributed by atoms with Crippen molar-refractivity contribution in [3.05, 3.63) is 429 Å². The quantitative estimate of drug-likeness (QED) is 0.119. The number of para-hydroxylation sites is 3. The number of pyridine rings is 1. The van der Waals surface area contributed by atoms with E-state index in [9.17, 15) is 0 Å². The van der Waals surface area contributed by atoms with E-state index in [4.69, 9.17) is 47.6 Å². The van der Waals surface area contributed by atoms with Crippen LogP contribution in [0.4, 0.5) is 0 Å². The van der Waals surface area contributed by atoms with Crippen molar-refractivity contribution in [2.45, 2.75) is 19.3 Å². The van der Waals surface area contributed by atoms with Gasteiger partial charge in [0.25, 0.3) is 0 Å². The number of nitrogens with zero attached hydrogens (tertiary/aromatic N) is 11. The molecule has 0 spiro atoms. The van der Waals surface area contributed by atoms with Crippen molar-refractivity contribution in [3.8, 4) is 157 Å². The van der Waals surface area contributed by atoms with Crippen LogP contribution in [0, 0.1) is 0 Å². The maximum absolute atomic E-state index is 6.41. The fourth-order valence-electron chi connectivity index (χ4n) is 19.6. The van der Waals surface area contributed by atoms with Gasteiger partial charge in [-0.15, -0.1) is 0 Å². The summed E-state index contributed by atoms with van der Waals surface area (Å²) >= 11 is 0. The zero-order valence-electron chi connectivity index (χ0n) is 71.2. The summed E-state index contributed by atoms with van der Waals surface area (Å²) in [4.78, 5) is 52.7. The van der Waals surface area contributed by atoms with Crippen LogP contribution in [0.3, 0.4) is 0 Å². The predicted octanol–water partition coefficient (Wildman–Crippen LogP) is 29.1. The molecule has 0 aliphatic heterocycles. The lowest BCUT2D eigenvalue weighted by atomic mass is 9.95. The van der Waals surface area contributed by atoms with Crippen LogP contribution in [0.15, 0.2) is 413 Å². The molecule has 10 aromatic heterocycles. The van der Waals surface area contributed by atoms with Crippen LogP contribution >= 0.6 is 0 Å². The summed E-state index contributed by atoms with van der Waals surface area (Å²) in [6.07, 6.45) is 9.39. The number of aromatic nitrogens is 11. The largest absolute Gasteiger partial charge is 0.456 e. The summed E-state index contributed by atoms with van der Waals surface area (Å²) in [7, 11) is 0. The molecule has 28 rings (SSSR count). The van der Waals surface area contributed by atoms with Crippen molar-refractivity contribution in [1.82, 2.24) is 54.8 Å². The Balaban J connectivity index is 0.000000105. The van der Waals surface area contributed by atoms with E-state index >= 15 is 0 Å². The second-order valence-corrected chi connectivity index (χ2v) is 33.8. The molecule has 0 saturated carbocycles. The zero-order valence-corrected chi connectivity index (χ0v) is 71.2. The molecule has 25 aromatic rings. The average Bonchev–Trinajstić information content (AvgIpc) is 1.66. The van der Waals surface area contributed by atoms with E-state index in [0.717, 1.165) is 225 Å². The van der Waals surface area contributed by atoms with E-state index < -0.39 is 0 Å². The number of fused-ring (bicyclic) bond motifs is 21. The Kier molecular flexibility index (Phi) is 18.1. The first-order chi connectivity index (χ1) is 65.9. The van der Waals surface area contributed by atoms with E-state index in [2.05, 4.69) is 268 Å². The first-order valence-corrected chi connectivity index (χ1v) is 44.4. The number of hydrogen-bond acceptors (Lipinski definition) is 15. The first kappa shape index (κ1) is 76.3. The summed E-state index contributed by atoms with van der Waals surface area (Å²) in [6, 6.07) is 128. The Bertz CT molecular complexity index is 9010. The van der Waals surface area contributed by atoms with Crippen LogP contribution in [0.1, 0.15) is 33.4 Å². The Morgan fingerprint density at radius 2 is 0.519 bits per heavy atom. The van der Waals surface area contributed by atoms with Crippen molar-refractivity contribution in [1.29, 1.82) is 0 Å². The molecule has 0 unspecified atom stereocenters. The summed E-state index contributed by atoms with van der Waals surface area (Å²) in [5, 5.41) is 5.10. The molecule has 0 radical (unpaired) electrons. The summed E-state index contributed by atoms with van der Waals surface area (Å²) < 4.78 is 25.2. The van der Waals surface area contributed by atoms with Gasteiger partial charge in [0.1, 0.15) is 74.8 Å². The molecule has 133 heavy (non-hydrogen) atoms. The minimum Gasteiger partial charge on any atom is -0.456 e. The number of hydrogen-bond donors (Lipinski definition) is 0. The minimum absolute atomic E-state index is 0.671. The third kappa shape index (κ3) is 13.3. The molecule has 0 fully saturated rings. The monoisotopic (exact) mass is 1710 g/mol. The lowest BCUT2D eigenvalue weighted by Gasteiger charge is -2.11. The molecule has 15 aromatic carbocycles. The van der Waals surface area contributed by atoms with Crippen molar-refractivity contribution < 1.29 is 17.7 Å². The Labute approximate surface area is 760 Å². The van der Waals surface area contributed by atoms with Crippen LogP contribution in [0.25, 0.3) is 245 Å². The molecule has 3 aliphatic rings. The lowest BCUT2D eigenvalue weighted by Crippen LogP contribution is -1.94. The van der Waals surface area contributed by atoms with Gasteiger partial charge in [-0.1, -0.05) is 279 Å². The van der Waals surface area contributed by atoms with Gasteiger partial charge >= 0.3 is 0 Å². The van der Waals surface area contributed by atoms with Gasteiger partial charge in [-0.25, -0.2) is 49.8 Å².